The summed E-state index contributed by atoms with van der Waals surface area (Å²) >= 11 is 6.03. The van der Waals surface area contributed by atoms with Crippen molar-refractivity contribution in [1.82, 2.24) is 0 Å². The second kappa shape index (κ2) is 7.66. The average molecular weight is 317 g/mol. The molecule has 0 amide bonds. The number of carbonyl (C=O) groups is 1. The van der Waals surface area contributed by atoms with Crippen LogP contribution in [0.2, 0.25) is 5.02 Å². The summed E-state index contributed by atoms with van der Waals surface area (Å²) in [5.74, 6) is -0.367. The number of hydrogen-bond acceptors (Lipinski definition) is 2. The normalized spacial score (nSPS) is 11.3. The van der Waals surface area contributed by atoms with Gasteiger partial charge in [0.25, 0.3) is 0 Å². The number of halogens is 1. The first-order chi connectivity index (χ1) is 10.6. The molecule has 0 aliphatic rings. The molecule has 0 saturated carbocycles. The molecule has 0 radical (unpaired) electrons. The summed E-state index contributed by atoms with van der Waals surface area (Å²) in [5, 5.41) is 10.0. The van der Waals surface area contributed by atoms with Gasteiger partial charge in [-0.05, 0) is 36.3 Å². The van der Waals surface area contributed by atoms with Crippen LogP contribution < -0.4 is 4.74 Å². The molecule has 2 aromatic carbocycles. The van der Waals surface area contributed by atoms with Gasteiger partial charge in [0.1, 0.15) is 5.75 Å². The minimum absolute atomic E-state index is 0.198. The highest BCUT2D eigenvalue weighted by atomic mass is 35.5. The first-order valence-corrected chi connectivity index (χ1v) is 7.42. The van der Waals surface area contributed by atoms with Crippen LogP contribution in [0.5, 0.6) is 5.75 Å². The zero-order valence-corrected chi connectivity index (χ0v) is 13.0. The predicted octanol–water partition coefficient (Wildman–Crippen LogP) is 4.75. The Morgan fingerprint density at radius 3 is 2.59 bits per heavy atom. The fraction of sp³-hybridized carbons (Fsp3) is 0.167. The van der Waals surface area contributed by atoms with E-state index in [0.717, 1.165) is 6.42 Å². The molecule has 2 rings (SSSR count). The third kappa shape index (κ3) is 4.12. The largest absolute Gasteiger partial charge is 0.493 e. The summed E-state index contributed by atoms with van der Waals surface area (Å²) < 4.78 is 5.66. The Bertz CT molecular complexity index is 678. The van der Waals surface area contributed by atoms with Gasteiger partial charge in [0.15, 0.2) is 0 Å². The van der Waals surface area contributed by atoms with E-state index in [0.29, 0.717) is 28.5 Å². The molecule has 22 heavy (non-hydrogen) atoms. The molecule has 0 heterocycles. The average Bonchev–Trinajstić information content (AvgIpc) is 2.52. The zero-order valence-electron chi connectivity index (χ0n) is 12.3. The van der Waals surface area contributed by atoms with Crippen LogP contribution in [0.1, 0.15) is 24.5 Å². The van der Waals surface area contributed by atoms with E-state index in [1.807, 2.05) is 13.0 Å². The maximum absolute atomic E-state index is 11.6. The number of ether oxygens (including phenoxy) is 1. The van der Waals surface area contributed by atoms with Crippen molar-refractivity contribution >= 4 is 29.2 Å². The quantitative estimate of drug-likeness (QED) is 0.617. The topological polar surface area (TPSA) is 46.5 Å². The molecule has 0 aliphatic heterocycles. The molecule has 3 nitrogen and oxygen atoms in total. The van der Waals surface area contributed by atoms with E-state index >= 15 is 0 Å². The fourth-order valence-corrected chi connectivity index (χ4v) is 2.20. The smallest absolute Gasteiger partial charge is 0.336 e. The molecule has 0 aromatic heterocycles. The van der Waals surface area contributed by atoms with Crippen molar-refractivity contribution < 1.29 is 14.6 Å². The maximum atomic E-state index is 11.6. The number of rotatable bonds is 6. The highest BCUT2D eigenvalue weighted by molar-refractivity contribution is 6.31. The lowest BCUT2D eigenvalue weighted by Crippen LogP contribution is -2.01. The van der Waals surface area contributed by atoms with Crippen molar-refractivity contribution in [2.24, 2.45) is 0 Å². The van der Waals surface area contributed by atoms with Gasteiger partial charge in [-0.2, -0.15) is 0 Å². The Labute approximate surface area is 134 Å². The molecular formula is C18H17ClO3. The molecular weight excluding hydrogens is 300 g/mol. The van der Waals surface area contributed by atoms with Crippen LogP contribution in [0.25, 0.3) is 11.6 Å². The Morgan fingerprint density at radius 2 is 1.95 bits per heavy atom. The monoisotopic (exact) mass is 316 g/mol. The summed E-state index contributed by atoms with van der Waals surface area (Å²) in [4.78, 5) is 11.6. The van der Waals surface area contributed by atoms with E-state index in [2.05, 4.69) is 0 Å². The molecule has 114 valence electrons. The molecule has 0 unspecified atom stereocenters. The maximum Gasteiger partial charge on any atom is 0.336 e. The molecule has 0 saturated heterocycles. The molecule has 2 aromatic rings. The third-order valence-electron chi connectivity index (χ3n) is 3.05. The van der Waals surface area contributed by atoms with Crippen LogP contribution in [-0.2, 0) is 4.79 Å². The highest BCUT2D eigenvalue weighted by Gasteiger charge is 2.12. The Morgan fingerprint density at radius 1 is 1.23 bits per heavy atom. The molecule has 4 heteroatoms. The molecule has 0 atom stereocenters. The number of carboxylic acid groups (broad SMARTS) is 1. The van der Waals surface area contributed by atoms with Gasteiger partial charge in [-0.1, -0.05) is 48.9 Å². The van der Waals surface area contributed by atoms with Crippen molar-refractivity contribution in [1.29, 1.82) is 0 Å². The summed E-state index contributed by atoms with van der Waals surface area (Å²) in [5.41, 5.74) is 1.49. The van der Waals surface area contributed by atoms with Gasteiger partial charge in [0.05, 0.1) is 12.2 Å². The van der Waals surface area contributed by atoms with Gasteiger partial charge in [0, 0.05) is 10.6 Å². The standard InChI is InChI=1S/C18H17ClO3/c1-2-10-22-17-9-8-15(19)11-14(17)12-16(18(20)21)13-6-4-3-5-7-13/h3-9,11-12H,2,10H2,1H3,(H,20,21)/b16-12-. The van der Waals surface area contributed by atoms with Gasteiger partial charge >= 0.3 is 5.97 Å². The van der Waals surface area contributed by atoms with Gasteiger partial charge in [-0.15, -0.1) is 0 Å². The zero-order chi connectivity index (χ0) is 15.9. The van der Waals surface area contributed by atoms with Crippen molar-refractivity contribution in [2.75, 3.05) is 6.61 Å². The number of hydrogen-bond donors (Lipinski definition) is 1. The Kier molecular flexibility index (Phi) is 5.61. The van der Waals surface area contributed by atoms with Crippen LogP contribution in [0.3, 0.4) is 0 Å². The van der Waals surface area contributed by atoms with Crippen molar-refractivity contribution in [3.05, 3.63) is 64.7 Å². The fourth-order valence-electron chi connectivity index (χ4n) is 2.02. The Hall–Kier alpha value is -2.26. The van der Waals surface area contributed by atoms with Gasteiger partial charge in [0.2, 0.25) is 0 Å². The van der Waals surface area contributed by atoms with Crippen LogP contribution >= 0.6 is 11.6 Å². The summed E-state index contributed by atoms with van der Waals surface area (Å²) in [6, 6.07) is 14.2. The van der Waals surface area contributed by atoms with Gasteiger partial charge in [-0.25, -0.2) is 4.79 Å². The van der Waals surface area contributed by atoms with E-state index < -0.39 is 5.97 Å². The second-order valence-electron chi connectivity index (χ2n) is 4.76. The number of benzene rings is 2. The van der Waals surface area contributed by atoms with Crippen LogP contribution in [0.4, 0.5) is 0 Å². The summed E-state index contributed by atoms with van der Waals surface area (Å²) in [7, 11) is 0. The highest BCUT2D eigenvalue weighted by Crippen LogP contribution is 2.28. The van der Waals surface area contributed by atoms with E-state index in [1.54, 1.807) is 48.5 Å². The second-order valence-corrected chi connectivity index (χ2v) is 5.20. The van der Waals surface area contributed by atoms with E-state index in [4.69, 9.17) is 16.3 Å². The third-order valence-corrected chi connectivity index (χ3v) is 3.28. The number of aliphatic carboxylic acids is 1. The van der Waals surface area contributed by atoms with Crippen LogP contribution in [0.15, 0.2) is 48.5 Å². The van der Waals surface area contributed by atoms with Crippen molar-refractivity contribution in [2.45, 2.75) is 13.3 Å². The van der Waals surface area contributed by atoms with Crippen LogP contribution in [-0.4, -0.2) is 17.7 Å². The van der Waals surface area contributed by atoms with Crippen molar-refractivity contribution in [3.8, 4) is 5.75 Å². The lowest BCUT2D eigenvalue weighted by molar-refractivity contribution is -0.130. The van der Waals surface area contributed by atoms with E-state index in [9.17, 15) is 9.90 Å². The first-order valence-electron chi connectivity index (χ1n) is 7.04. The summed E-state index contributed by atoms with van der Waals surface area (Å²) in [6.45, 7) is 2.58. The SMILES string of the molecule is CCCOc1ccc(Cl)cc1/C=C(\C(=O)O)c1ccccc1. The predicted molar refractivity (Wildman–Crippen MR) is 89.2 cm³/mol. The minimum atomic E-state index is -0.993. The molecule has 1 N–H and O–H groups in total. The van der Waals surface area contributed by atoms with E-state index in [1.165, 1.54) is 0 Å². The first kappa shape index (κ1) is 16.1. The lowest BCUT2D eigenvalue weighted by Gasteiger charge is -2.10. The molecule has 0 fully saturated rings. The minimum Gasteiger partial charge on any atom is -0.493 e. The van der Waals surface area contributed by atoms with E-state index in [-0.39, 0.29) is 5.57 Å². The van der Waals surface area contributed by atoms with Gasteiger partial charge in [-0.3, -0.25) is 0 Å². The summed E-state index contributed by atoms with van der Waals surface area (Å²) in [6.07, 6.45) is 2.46. The molecule has 0 aliphatic carbocycles. The van der Waals surface area contributed by atoms with Gasteiger partial charge < -0.3 is 9.84 Å². The Balaban J connectivity index is 2.48. The van der Waals surface area contributed by atoms with Crippen molar-refractivity contribution in [3.63, 3.8) is 0 Å². The lowest BCUT2D eigenvalue weighted by atomic mass is 10.0. The van der Waals surface area contributed by atoms with Crippen LogP contribution in [0, 0.1) is 0 Å². The number of carboxylic acids is 1. The molecule has 0 bridgehead atoms. The molecule has 0 spiro atoms.